The number of halogens is 1. The molecule has 0 spiro atoms. The van der Waals surface area contributed by atoms with Crippen LogP contribution in [0.5, 0.6) is 5.75 Å². The van der Waals surface area contributed by atoms with E-state index in [1.165, 1.54) is 9.21 Å². The van der Waals surface area contributed by atoms with Crippen LogP contribution in [0.3, 0.4) is 0 Å². The van der Waals surface area contributed by atoms with Gasteiger partial charge in [0.25, 0.3) is 0 Å². The summed E-state index contributed by atoms with van der Waals surface area (Å²) in [5.74, 6) is 0.187. The molecule has 204 valence electrons. The Kier molecular flexibility index (Phi) is 12.2. The first-order valence-corrected chi connectivity index (χ1v) is 14.8. The number of hydrogen-bond donors (Lipinski definition) is 1. The van der Waals surface area contributed by atoms with Crippen LogP contribution in [0, 0.1) is 0 Å². The molecule has 0 heterocycles. The van der Waals surface area contributed by atoms with E-state index < -0.39 is 16.1 Å². The molecule has 1 N–H and O–H groups in total. The lowest BCUT2D eigenvalue weighted by molar-refractivity contribution is -0.140. The Labute approximate surface area is 226 Å². The molecule has 0 aromatic heterocycles. The van der Waals surface area contributed by atoms with Gasteiger partial charge in [-0.25, -0.2) is 8.42 Å². The molecule has 0 fully saturated rings. The number of hydrogen-bond acceptors (Lipinski definition) is 5. The maximum absolute atomic E-state index is 13.3. The van der Waals surface area contributed by atoms with E-state index in [0.29, 0.717) is 29.6 Å². The van der Waals surface area contributed by atoms with Crippen molar-refractivity contribution < 1.29 is 22.7 Å². The first kappa shape index (κ1) is 30.4. The summed E-state index contributed by atoms with van der Waals surface area (Å²) in [6.07, 6.45) is 3.31. The number of rotatable bonds is 15. The first-order valence-electron chi connectivity index (χ1n) is 12.6. The molecule has 0 unspecified atom stereocenters. The number of ether oxygens (including phenoxy) is 1. The molecule has 2 rings (SSSR count). The molecule has 0 bridgehead atoms. The molecule has 8 nitrogen and oxygen atoms in total. The zero-order valence-corrected chi connectivity index (χ0v) is 23.6. The Morgan fingerprint density at radius 2 is 1.78 bits per heavy atom. The number of carbonyl (C=O) groups excluding carboxylic acids is 2. The summed E-state index contributed by atoms with van der Waals surface area (Å²) in [5, 5.41) is 3.43. The molecule has 2 amide bonds. The number of amides is 2. The standard InChI is InChI=1S/C27H38ClN3O5S/c1-5-7-17-29-27(33)21(3)30(20-22-10-8-11-23(28)19-22)26(32)12-9-18-31(37(4,34)35)24-13-15-25(16-14-24)36-6-2/h8,10-11,13-16,19,21H,5-7,9,12,17-18,20H2,1-4H3,(H,29,33)/t21-/m0/s1. The van der Waals surface area contributed by atoms with E-state index in [-0.39, 0.29) is 37.7 Å². The van der Waals surface area contributed by atoms with E-state index in [9.17, 15) is 18.0 Å². The zero-order valence-electron chi connectivity index (χ0n) is 22.1. The second-order valence-corrected chi connectivity index (χ2v) is 11.2. The lowest BCUT2D eigenvalue weighted by Gasteiger charge is -2.29. The molecular formula is C27H38ClN3O5S. The number of unbranched alkanes of at least 4 members (excludes halogenated alkanes) is 1. The Morgan fingerprint density at radius 1 is 1.08 bits per heavy atom. The highest BCUT2D eigenvalue weighted by atomic mass is 35.5. The third-order valence-corrected chi connectivity index (χ3v) is 7.26. The van der Waals surface area contributed by atoms with E-state index in [0.717, 1.165) is 24.7 Å². The van der Waals surface area contributed by atoms with Crippen molar-refractivity contribution in [1.29, 1.82) is 0 Å². The summed E-state index contributed by atoms with van der Waals surface area (Å²) in [4.78, 5) is 27.6. The minimum Gasteiger partial charge on any atom is -0.494 e. The molecule has 0 saturated heterocycles. The van der Waals surface area contributed by atoms with Gasteiger partial charge in [-0.05, 0) is 68.7 Å². The Hall–Kier alpha value is -2.78. The Bertz CT molecular complexity index is 1130. The van der Waals surface area contributed by atoms with E-state index in [1.54, 1.807) is 49.4 Å². The second kappa shape index (κ2) is 14.8. The number of benzene rings is 2. The van der Waals surface area contributed by atoms with Crippen molar-refractivity contribution in [3.8, 4) is 5.75 Å². The average Bonchev–Trinajstić information content (AvgIpc) is 2.85. The summed E-state index contributed by atoms with van der Waals surface area (Å²) >= 11 is 6.13. The van der Waals surface area contributed by atoms with Crippen molar-refractivity contribution in [2.75, 3.05) is 30.3 Å². The van der Waals surface area contributed by atoms with Crippen LogP contribution in [0.1, 0.15) is 52.0 Å². The highest BCUT2D eigenvalue weighted by molar-refractivity contribution is 7.92. The van der Waals surface area contributed by atoms with Gasteiger partial charge in [0.1, 0.15) is 11.8 Å². The van der Waals surface area contributed by atoms with Gasteiger partial charge in [0.2, 0.25) is 21.8 Å². The largest absolute Gasteiger partial charge is 0.494 e. The molecular weight excluding hydrogens is 514 g/mol. The smallest absolute Gasteiger partial charge is 0.242 e. The SMILES string of the molecule is CCCCNC(=O)[C@H](C)N(Cc1cccc(Cl)c1)C(=O)CCCN(c1ccc(OCC)cc1)S(C)(=O)=O. The minimum absolute atomic E-state index is 0.0796. The number of carbonyl (C=O) groups is 2. The number of nitrogens with zero attached hydrogens (tertiary/aromatic N) is 2. The molecule has 1 atom stereocenters. The molecule has 0 aliphatic carbocycles. The molecule has 2 aromatic carbocycles. The van der Waals surface area contributed by atoms with Gasteiger partial charge in [-0.2, -0.15) is 0 Å². The quantitative estimate of drug-likeness (QED) is 0.326. The van der Waals surface area contributed by atoms with Gasteiger partial charge in [0, 0.05) is 31.1 Å². The topological polar surface area (TPSA) is 96.0 Å². The molecule has 0 aliphatic rings. The van der Waals surface area contributed by atoms with Crippen LogP contribution in [0.25, 0.3) is 0 Å². The molecule has 0 saturated carbocycles. The van der Waals surface area contributed by atoms with Crippen LogP contribution in [-0.4, -0.2) is 57.1 Å². The Balaban J connectivity index is 2.13. The third-order valence-electron chi connectivity index (χ3n) is 5.83. The number of anilines is 1. The molecule has 0 aliphatic heterocycles. The lowest BCUT2D eigenvalue weighted by atomic mass is 10.1. The van der Waals surface area contributed by atoms with Crippen LogP contribution < -0.4 is 14.4 Å². The van der Waals surface area contributed by atoms with Crippen LogP contribution >= 0.6 is 11.6 Å². The van der Waals surface area contributed by atoms with Crippen molar-refractivity contribution in [2.45, 2.75) is 59.0 Å². The predicted octanol–water partition coefficient (Wildman–Crippen LogP) is 4.62. The first-order chi connectivity index (χ1) is 17.6. The van der Waals surface area contributed by atoms with Gasteiger partial charge in [0.15, 0.2) is 0 Å². The fraction of sp³-hybridized carbons (Fsp3) is 0.481. The highest BCUT2D eigenvalue weighted by Gasteiger charge is 2.26. The number of sulfonamides is 1. The monoisotopic (exact) mass is 551 g/mol. The van der Waals surface area contributed by atoms with Gasteiger partial charge in [0.05, 0.1) is 18.6 Å². The van der Waals surface area contributed by atoms with E-state index in [1.807, 2.05) is 19.9 Å². The van der Waals surface area contributed by atoms with Gasteiger partial charge >= 0.3 is 0 Å². The van der Waals surface area contributed by atoms with Crippen LogP contribution in [0.2, 0.25) is 5.02 Å². The molecule has 0 radical (unpaired) electrons. The highest BCUT2D eigenvalue weighted by Crippen LogP contribution is 2.23. The summed E-state index contributed by atoms with van der Waals surface area (Å²) in [6, 6.07) is 13.3. The normalized spacial score (nSPS) is 12.0. The average molecular weight is 552 g/mol. The van der Waals surface area contributed by atoms with Crippen LogP contribution in [-0.2, 0) is 26.2 Å². The van der Waals surface area contributed by atoms with Crippen molar-refractivity contribution in [2.24, 2.45) is 0 Å². The maximum atomic E-state index is 13.3. The van der Waals surface area contributed by atoms with Gasteiger partial charge in [-0.3, -0.25) is 13.9 Å². The maximum Gasteiger partial charge on any atom is 0.242 e. The minimum atomic E-state index is -3.57. The summed E-state index contributed by atoms with van der Waals surface area (Å²) in [5.41, 5.74) is 1.30. The summed E-state index contributed by atoms with van der Waals surface area (Å²) in [7, 11) is -3.57. The van der Waals surface area contributed by atoms with E-state index in [4.69, 9.17) is 16.3 Å². The van der Waals surface area contributed by atoms with Gasteiger partial charge in [-0.15, -0.1) is 0 Å². The fourth-order valence-electron chi connectivity index (χ4n) is 3.83. The van der Waals surface area contributed by atoms with Gasteiger partial charge < -0.3 is 15.0 Å². The summed E-state index contributed by atoms with van der Waals surface area (Å²) in [6.45, 7) is 7.02. The fourth-order valence-corrected chi connectivity index (χ4v) is 5.01. The summed E-state index contributed by atoms with van der Waals surface area (Å²) < 4.78 is 31.7. The van der Waals surface area contributed by atoms with Gasteiger partial charge in [-0.1, -0.05) is 37.1 Å². The third kappa shape index (κ3) is 9.89. The van der Waals surface area contributed by atoms with E-state index in [2.05, 4.69) is 5.32 Å². The van der Waals surface area contributed by atoms with E-state index >= 15 is 0 Å². The predicted molar refractivity (Wildman–Crippen MR) is 148 cm³/mol. The lowest BCUT2D eigenvalue weighted by Crippen LogP contribution is -2.48. The van der Waals surface area contributed by atoms with Crippen molar-refractivity contribution in [3.63, 3.8) is 0 Å². The van der Waals surface area contributed by atoms with Crippen molar-refractivity contribution in [3.05, 3.63) is 59.1 Å². The second-order valence-electron chi connectivity index (χ2n) is 8.84. The molecule has 37 heavy (non-hydrogen) atoms. The van der Waals surface area contributed by atoms with Crippen molar-refractivity contribution >= 4 is 39.1 Å². The van der Waals surface area contributed by atoms with Crippen LogP contribution in [0.15, 0.2) is 48.5 Å². The zero-order chi connectivity index (χ0) is 27.4. The molecule has 2 aromatic rings. The number of nitrogens with one attached hydrogen (secondary N) is 1. The van der Waals surface area contributed by atoms with Crippen LogP contribution in [0.4, 0.5) is 5.69 Å². The molecule has 10 heteroatoms. The Morgan fingerprint density at radius 3 is 2.38 bits per heavy atom. The van der Waals surface area contributed by atoms with Crippen molar-refractivity contribution in [1.82, 2.24) is 10.2 Å².